The molecule has 8 rings (SSSR count). The van der Waals surface area contributed by atoms with Crippen molar-refractivity contribution < 1.29 is 4.42 Å². The van der Waals surface area contributed by atoms with Crippen molar-refractivity contribution in [1.29, 1.82) is 0 Å². The van der Waals surface area contributed by atoms with Crippen molar-refractivity contribution in [2.45, 2.75) is 32.7 Å². The maximum absolute atomic E-state index is 5.96. The molecule has 0 bridgehead atoms. The summed E-state index contributed by atoms with van der Waals surface area (Å²) in [5.41, 5.74) is 11.3. The van der Waals surface area contributed by atoms with Crippen LogP contribution in [0.4, 0.5) is 0 Å². The van der Waals surface area contributed by atoms with Crippen LogP contribution in [0.1, 0.15) is 42.9 Å². The van der Waals surface area contributed by atoms with Crippen LogP contribution < -0.4 is 0 Å². The monoisotopic (exact) mass is 691 g/mol. The molecule has 0 spiro atoms. The number of rotatable bonds is 8. The first kappa shape index (κ1) is 36.4. The minimum Gasteiger partial charge on any atom is -0.456 e. The fourth-order valence-corrected chi connectivity index (χ4v) is 6.45. The van der Waals surface area contributed by atoms with Crippen molar-refractivity contribution in [1.82, 2.24) is 0 Å². The van der Waals surface area contributed by atoms with Gasteiger partial charge in [0, 0.05) is 22.3 Å². The van der Waals surface area contributed by atoms with Crippen LogP contribution >= 0.6 is 0 Å². The lowest BCUT2D eigenvalue weighted by atomic mass is 9.90. The van der Waals surface area contributed by atoms with Gasteiger partial charge in [-0.05, 0) is 83.1 Å². The smallest absolute Gasteiger partial charge is 0.154 e. The first-order valence-corrected chi connectivity index (χ1v) is 18.2. The fourth-order valence-electron chi connectivity index (χ4n) is 6.45. The Bertz CT molecular complexity index is 2360. The summed E-state index contributed by atoms with van der Waals surface area (Å²) < 4.78 is 5.96. The van der Waals surface area contributed by atoms with Gasteiger partial charge in [0.15, 0.2) is 5.84 Å². The molecule has 0 radical (unpaired) electrons. The van der Waals surface area contributed by atoms with Gasteiger partial charge in [-0.1, -0.05) is 159 Å². The number of allylic oxidation sites excluding steroid dienone is 2. The number of benzene rings is 6. The summed E-state index contributed by atoms with van der Waals surface area (Å²) in [7, 11) is 0. The summed E-state index contributed by atoms with van der Waals surface area (Å²) in [6, 6.07) is 52.2. The zero-order valence-corrected chi connectivity index (χ0v) is 30.5. The van der Waals surface area contributed by atoms with E-state index in [0.29, 0.717) is 24.8 Å². The van der Waals surface area contributed by atoms with E-state index >= 15 is 0 Å². The predicted molar refractivity (Wildman–Crippen MR) is 228 cm³/mol. The summed E-state index contributed by atoms with van der Waals surface area (Å²) in [4.78, 5) is 12.8. The minimum absolute atomic E-state index is 0.450. The van der Waals surface area contributed by atoms with Gasteiger partial charge in [0.1, 0.15) is 11.2 Å². The molecule has 0 fully saturated rings. The van der Waals surface area contributed by atoms with E-state index in [0.717, 1.165) is 45.0 Å². The van der Waals surface area contributed by atoms with Crippen molar-refractivity contribution in [3.8, 4) is 22.3 Å². The number of para-hydroxylation sites is 1. The molecule has 6 aromatic carbocycles. The van der Waals surface area contributed by atoms with Gasteiger partial charge in [0.25, 0.3) is 0 Å². The van der Waals surface area contributed by atoms with E-state index in [2.05, 4.69) is 169 Å². The number of furan rings is 1. The van der Waals surface area contributed by atoms with Crippen LogP contribution in [-0.2, 0) is 6.54 Å². The summed E-state index contributed by atoms with van der Waals surface area (Å²) in [5, 5.41) is 2.32. The van der Waals surface area contributed by atoms with Crippen molar-refractivity contribution in [2.24, 2.45) is 15.0 Å². The van der Waals surface area contributed by atoms with Crippen LogP contribution in [0.3, 0.4) is 0 Å². The fraction of sp³-hybridized carbons (Fsp3) is 0.122. The molecular weight excluding hydrogens is 647 g/mol. The van der Waals surface area contributed by atoms with E-state index in [1.165, 1.54) is 27.8 Å². The highest BCUT2D eigenvalue weighted by Gasteiger charge is 2.11. The van der Waals surface area contributed by atoms with Gasteiger partial charge < -0.3 is 4.42 Å². The largest absolute Gasteiger partial charge is 0.456 e. The highest BCUT2D eigenvalue weighted by molar-refractivity contribution is 6.06. The number of nitrogens with zero attached hydrogens (tertiary/aromatic N) is 3. The summed E-state index contributed by atoms with van der Waals surface area (Å²) in [5.74, 6) is 1.13. The SMILES string of the molecule is C=NC(=NCC1=CCC(c2ccccc2)C=C1)c1ccc(-c2ccccc2)cc1.C=NCc1cccc(-c2ccc3c(c2)oc2ccccc23)c1.CC. The molecule has 0 saturated heterocycles. The highest BCUT2D eigenvalue weighted by atomic mass is 16.3. The van der Waals surface area contributed by atoms with E-state index in [-0.39, 0.29) is 0 Å². The first-order chi connectivity index (χ1) is 26.2. The van der Waals surface area contributed by atoms with Gasteiger partial charge in [-0.2, -0.15) is 0 Å². The van der Waals surface area contributed by atoms with E-state index in [1.807, 2.05) is 38.1 Å². The van der Waals surface area contributed by atoms with Crippen LogP contribution in [-0.4, -0.2) is 25.8 Å². The van der Waals surface area contributed by atoms with Gasteiger partial charge in [0.2, 0.25) is 0 Å². The van der Waals surface area contributed by atoms with Gasteiger partial charge in [-0.3, -0.25) is 9.98 Å². The van der Waals surface area contributed by atoms with Gasteiger partial charge in [0.05, 0.1) is 13.1 Å². The van der Waals surface area contributed by atoms with Crippen LogP contribution in [0.15, 0.2) is 195 Å². The molecule has 1 aromatic heterocycles. The Hall–Kier alpha value is -6.39. The molecule has 4 nitrogen and oxygen atoms in total. The Morgan fingerprint density at radius 1 is 0.623 bits per heavy atom. The number of hydrogen-bond donors (Lipinski definition) is 0. The standard InChI is InChI=1S/C27H24N2.C20H15NO.C2H6/c1-28-27(26-18-16-25(17-19-26)23-10-6-3-7-11-23)29-20-21-12-14-24(15-13-21)22-8-4-2-5-9-22;1-21-13-14-5-4-6-15(11-14)16-9-10-18-17-7-2-3-8-19(17)22-20(18)12-16;1-2/h2-14,16-19,24H,1,15,20H2;2-12H,1,13H2;1-2H3. The molecule has 4 heteroatoms. The van der Waals surface area contributed by atoms with Crippen LogP contribution in [0, 0.1) is 0 Å². The lowest BCUT2D eigenvalue weighted by molar-refractivity contribution is 0.669. The van der Waals surface area contributed by atoms with Gasteiger partial charge in [-0.15, -0.1) is 0 Å². The third kappa shape index (κ3) is 9.10. The third-order valence-electron chi connectivity index (χ3n) is 9.15. The topological polar surface area (TPSA) is 50.2 Å². The predicted octanol–water partition coefficient (Wildman–Crippen LogP) is 13.0. The summed E-state index contributed by atoms with van der Waals surface area (Å²) in [6.45, 7) is 12.5. The van der Waals surface area contributed by atoms with Crippen LogP contribution in [0.25, 0.3) is 44.2 Å². The average molecular weight is 692 g/mol. The Morgan fingerprint density at radius 3 is 1.98 bits per heavy atom. The van der Waals surface area contributed by atoms with Gasteiger partial charge >= 0.3 is 0 Å². The van der Waals surface area contributed by atoms with Crippen molar-refractivity contribution in [2.75, 3.05) is 6.54 Å². The highest BCUT2D eigenvalue weighted by Crippen LogP contribution is 2.32. The summed E-state index contributed by atoms with van der Waals surface area (Å²) >= 11 is 0. The molecule has 0 aliphatic heterocycles. The molecule has 1 unspecified atom stereocenters. The second kappa shape index (κ2) is 18.2. The second-order valence-corrected chi connectivity index (χ2v) is 12.5. The maximum Gasteiger partial charge on any atom is 0.154 e. The molecule has 1 atom stereocenters. The molecule has 53 heavy (non-hydrogen) atoms. The molecule has 1 heterocycles. The van der Waals surface area contributed by atoms with E-state index < -0.39 is 0 Å². The average Bonchev–Trinajstić information content (AvgIpc) is 3.61. The Labute approximate surface area is 313 Å². The van der Waals surface area contributed by atoms with Crippen LogP contribution in [0.2, 0.25) is 0 Å². The molecular formula is C49H45N3O. The Morgan fingerprint density at radius 2 is 1.26 bits per heavy atom. The Kier molecular flexibility index (Phi) is 12.5. The quantitative estimate of drug-likeness (QED) is 0.116. The number of fused-ring (bicyclic) bond motifs is 3. The molecule has 1 aliphatic carbocycles. The van der Waals surface area contributed by atoms with E-state index in [4.69, 9.17) is 9.41 Å². The van der Waals surface area contributed by atoms with Crippen molar-refractivity contribution >= 4 is 41.2 Å². The molecule has 262 valence electrons. The zero-order chi connectivity index (χ0) is 36.8. The minimum atomic E-state index is 0.450. The normalized spacial score (nSPS) is 13.7. The van der Waals surface area contributed by atoms with Crippen molar-refractivity contribution in [3.63, 3.8) is 0 Å². The zero-order valence-electron chi connectivity index (χ0n) is 30.5. The first-order valence-electron chi connectivity index (χ1n) is 18.2. The molecule has 0 N–H and O–H groups in total. The number of hydrogen-bond acceptors (Lipinski definition) is 3. The van der Waals surface area contributed by atoms with E-state index in [1.54, 1.807) is 0 Å². The molecule has 0 amide bonds. The summed E-state index contributed by atoms with van der Waals surface area (Å²) in [6.07, 6.45) is 7.74. The lowest BCUT2D eigenvalue weighted by Crippen LogP contribution is -2.02. The lowest BCUT2D eigenvalue weighted by Gasteiger charge is -2.16. The molecule has 0 saturated carbocycles. The van der Waals surface area contributed by atoms with E-state index in [9.17, 15) is 0 Å². The third-order valence-corrected chi connectivity index (χ3v) is 9.15. The van der Waals surface area contributed by atoms with Crippen LogP contribution in [0.5, 0.6) is 0 Å². The van der Waals surface area contributed by atoms with Gasteiger partial charge in [-0.25, -0.2) is 4.99 Å². The number of amidine groups is 1. The number of aliphatic imine (C=N–C) groups is 3. The van der Waals surface area contributed by atoms with Crippen molar-refractivity contribution in [3.05, 3.63) is 192 Å². The molecule has 1 aliphatic rings. The Balaban J connectivity index is 0.000000179. The molecule has 7 aromatic rings. The second-order valence-electron chi connectivity index (χ2n) is 12.5. The maximum atomic E-state index is 5.96.